The van der Waals surface area contributed by atoms with Gasteiger partial charge in [-0.15, -0.1) is 0 Å². The molecular weight excluding hydrogens is 202 g/mol. The van der Waals surface area contributed by atoms with E-state index in [9.17, 15) is 5.11 Å². The van der Waals surface area contributed by atoms with Crippen LogP contribution in [0.25, 0.3) is 0 Å². The van der Waals surface area contributed by atoms with Gasteiger partial charge in [-0.1, -0.05) is 6.92 Å². The Kier molecular flexibility index (Phi) is 5.49. The van der Waals surface area contributed by atoms with Crippen molar-refractivity contribution >= 4 is 0 Å². The Bertz CT molecular complexity index is 274. The van der Waals surface area contributed by atoms with E-state index in [1.807, 2.05) is 12.5 Å². The van der Waals surface area contributed by atoms with Gasteiger partial charge in [0, 0.05) is 24.5 Å². The number of aromatic nitrogens is 2. The van der Waals surface area contributed by atoms with Crippen LogP contribution < -0.4 is 5.32 Å². The van der Waals surface area contributed by atoms with Gasteiger partial charge < -0.3 is 15.0 Å². The van der Waals surface area contributed by atoms with E-state index in [0.29, 0.717) is 0 Å². The highest BCUT2D eigenvalue weighted by molar-refractivity contribution is 4.82. The number of nitrogens with zero attached hydrogens (tertiary/aromatic N) is 2. The Labute approximate surface area is 97.7 Å². The zero-order chi connectivity index (χ0) is 11.9. The third-order valence-corrected chi connectivity index (χ3v) is 2.85. The van der Waals surface area contributed by atoms with Crippen LogP contribution in [0.1, 0.15) is 33.1 Å². The minimum absolute atomic E-state index is 0.142. The van der Waals surface area contributed by atoms with Gasteiger partial charge in [-0.3, -0.25) is 0 Å². The molecule has 0 fully saturated rings. The first kappa shape index (κ1) is 13.2. The zero-order valence-electron chi connectivity index (χ0n) is 10.3. The molecule has 1 unspecified atom stereocenters. The van der Waals surface area contributed by atoms with Crippen molar-refractivity contribution < 1.29 is 5.11 Å². The second-order valence-corrected chi connectivity index (χ2v) is 4.55. The lowest BCUT2D eigenvalue weighted by Gasteiger charge is -2.28. The van der Waals surface area contributed by atoms with Gasteiger partial charge in [0.25, 0.3) is 0 Å². The normalized spacial score (nSPS) is 14.9. The molecule has 0 aromatic carbocycles. The van der Waals surface area contributed by atoms with Gasteiger partial charge in [0.1, 0.15) is 0 Å². The van der Waals surface area contributed by atoms with E-state index in [0.717, 1.165) is 32.4 Å². The van der Waals surface area contributed by atoms with Gasteiger partial charge >= 0.3 is 0 Å². The number of nitrogens with one attached hydrogen (secondary N) is 1. The molecule has 0 bridgehead atoms. The first-order chi connectivity index (χ1) is 7.70. The van der Waals surface area contributed by atoms with Crippen LogP contribution in [0.5, 0.6) is 0 Å². The summed E-state index contributed by atoms with van der Waals surface area (Å²) in [7, 11) is 0. The zero-order valence-corrected chi connectivity index (χ0v) is 10.3. The molecule has 4 nitrogen and oxygen atoms in total. The summed E-state index contributed by atoms with van der Waals surface area (Å²) in [5.74, 6) is 0. The molecule has 0 aliphatic carbocycles. The topological polar surface area (TPSA) is 50.1 Å². The van der Waals surface area contributed by atoms with Crippen LogP contribution in [-0.4, -0.2) is 33.3 Å². The lowest BCUT2D eigenvalue weighted by atomic mass is 9.96. The van der Waals surface area contributed by atoms with Crippen LogP contribution in [-0.2, 0) is 6.54 Å². The van der Waals surface area contributed by atoms with Crippen LogP contribution in [0.4, 0.5) is 0 Å². The van der Waals surface area contributed by atoms with E-state index in [1.54, 1.807) is 6.20 Å². The highest BCUT2D eigenvalue weighted by Gasteiger charge is 2.21. The molecule has 1 atom stereocenters. The molecule has 2 N–H and O–H groups in total. The van der Waals surface area contributed by atoms with Gasteiger partial charge in [0.15, 0.2) is 0 Å². The van der Waals surface area contributed by atoms with Crippen molar-refractivity contribution in [3.05, 3.63) is 18.7 Å². The SMILES string of the molecule is CCCNC(C)(CO)CCCn1ccnc1. The Morgan fingerprint density at radius 1 is 1.50 bits per heavy atom. The molecular formula is C12H23N3O. The van der Waals surface area contributed by atoms with Crippen LogP contribution in [0, 0.1) is 0 Å². The molecule has 1 aromatic heterocycles. The van der Waals surface area contributed by atoms with Crippen LogP contribution in [0.15, 0.2) is 18.7 Å². The Balaban J connectivity index is 2.27. The Morgan fingerprint density at radius 2 is 2.31 bits per heavy atom. The molecule has 1 heterocycles. The standard InChI is InChI=1S/C12H23N3O/c1-3-6-14-12(2,10-16)5-4-8-15-9-7-13-11-15/h7,9,11,14,16H,3-6,8,10H2,1-2H3. The number of aliphatic hydroxyl groups excluding tert-OH is 1. The van der Waals surface area contributed by atoms with Crippen molar-refractivity contribution in [2.45, 2.75) is 45.2 Å². The molecule has 92 valence electrons. The molecule has 0 aliphatic heterocycles. The molecule has 16 heavy (non-hydrogen) atoms. The quantitative estimate of drug-likeness (QED) is 0.703. The molecule has 0 spiro atoms. The summed E-state index contributed by atoms with van der Waals surface area (Å²) in [6.45, 7) is 6.33. The van der Waals surface area contributed by atoms with Crippen LogP contribution in [0.3, 0.4) is 0 Å². The fourth-order valence-electron chi connectivity index (χ4n) is 1.72. The van der Waals surface area contributed by atoms with E-state index in [1.165, 1.54) is 0 Å². The molecule has 4 heteroatoms. The lowest BCUT2D eigenvalue weighted by Crippen LogP contribution is -2.46. The predicted octanol–water partition coefficient (Wildman–Crippen LogP) is 1.41. The smallest absolute Gasteiger partial charge is 0.0945 e. The molecule has 1 aromatic rings. The molecule has 1 rings (SSSR count). The van der Waals surface area contributed by atoms with E-state index in [4.69, 9.17) is 0 Å². The number of hydrogen-bond donors (Lipinski definition) is 2. The monoisotopic (exact) mass is 225 g/mol. The van der Waals surface area contributed by atoms with E-state index in [-0.39, 0.29) is 12.1 Å². The first-order valence-electron chi connectivity index (χ1n) is 6.02. The third kappa shape index (κ3) is 4.33. The lowest BCUT2D eigenvalue weighted by molar-refractivity contribution is 0.162. The summed E-state index contributed by atoms with van der Waals surface area (Å²) in [6, 6.07) is 0. The predicted molar refractivity (Wildman–Crippen MR) is 65.2 cm³/mol. The fraction of sp³-hybridized carbons (Fsp3) is 0.750. The maximum absolute atomic E-state index is 9.39. The van der Waals surface area contributed by atoms with Gasteiger partial charge in [-0.05, 0) is 32.7 Å². The maximum atomic E-state index is 9.39. The summed E-state index contributed by atoms with van der Waals surface area (Å²) in [5, 5.41) is 12.8. The largest absolute Gasteiger partial charge is 0.394 e. The Morgan fingerprint density at radius 3 is 2.88 bits per heavy atom. The summed E-state index contributed by atoms with van der Waals surface area (Å²) in [5.41, 5.74) is -0.142. The van der Waals surface area contributed by atoms with Crippen molar-refractivity contribution in [3.63, 3.8) is 0 Å². The number of aliphatic hydroxyl groups is 1. The average molecular weight is 225 g/mol. The molecule has 0 amide bonds. The number of hydrogen-bond acceptors (Lipinski definition) is 3. The molecule has 0 saturated heterocycles. The van der Waals surface area contributed by atoms with Crippen molar-refractivity contribution in [1.29, 1.82) is 0 Å². The van der Waals surface area contributed by atoms with Crippen LogP contribution >= 0.6 is 0 Å². The van der Waals surface area contributed by atoms with Gasteiger partial charge in [-0.2, -0.15) is 0 Å². The number of aryl methyl sites for hydroxylation is 1. The third-order valence-electron chi connectivity index (χ3n) is 2.85. The van der Waals surface area contributed by atoms with Crippen molar-refractivity contribution in [2.75, 3.05) is 13.2 Å². The van der Waals surface area contributed by atoms with Crippen LogP contribution in [0.2, 0.25) is 0 Å². The second-order valence-electron chi connectivity index (χ2n) is 4.55. The minimum atomic E-state index is -0.142. The van der Waals surface area contributed by atoms with Gasteiger partial charge in [0.05, 0.1) is 12.9 Å². The summed E-state index contributed by atoms with van der Waals surface area (Å²) in [4.78, 5) is 4.00. The number of rotatable bonds is 8. The average Bonchev–Trinajstić information content (AvgIpc) is 2.79. The van der Waals surface area contributed by atoms with Crippen molar-refractivity contribution in [3.8, 4) is 0 Å². The Hall–Kier alpha value is -0.870. The minimum Gasteiger partial charge on any atom is -0.394 e. The van der Waals surface area contributed by atoms with Gasteiger partial charge in [-0.25, -0.2) is 4.98 Å². The summed E-state index contributed by atoms with van der Waals surface area (Å²) in [6.07, 6.45) is 8.70. The van der Waals surface area contributed by atoms with Crippen molar-refractivity contribution in [1.82, 2.24) is 14.9 Å². The first-order valence-corrected chi connectivity index (χ1v) is 6.02. The molecule has 0 aliphatic rings. The second kappa shape index (κ2) is 6.66. The number of imidazole rings is 1. The van der Waals surface area contributed by atoms with E-state index in [2.05, 4.69) is 28.7 Å². The fourth-order valence-corrected chi connectivity index (χ4v) is 1.72. The van der Waals surface area contributed by atoms with E-state index >= 15 is 0 Å². The molecule has 0 saturated carbocycles. The maximum Gasteiger partial charge on any atom is 0.0945 e. The van der Waals surface area contributed by atoms with E-state index < -0.39 is 0 Å². The van der Waals surface area contributed by atoms with Gasteiger partial charge in [0.2, 0.25) is 0 Å². The molecule has 0 radical (unpaired) electrons. The highest BCUT2D eigenvalue weighted by atomic mass is 16.3. The summed E-state index contributed by atoms with van der Waals surface area (Å²) >= 11 is 0. The summed E-state index contributed by atoms with van der Waals surface area (Å²) < 4.78 is 2.07. The highest BCUT2D eigenvalue weighted by Crippen LogP contribution is 2.12. The van der Waals surface area contributed by atoms with Crippen molar-refractivity contribution in [2.24, 2.45) is 0 Å².